The smallest absolute Gasteiger partial charge is 0.224 e. The summed E-state index contributed by atoms with van der Waals surface area (Å²) in [5.74, 6) is 1.12. The molecule has 1 aromatic heterocycles. The average molecular weight is 380 g/mol. The quantitative estimate of drug-likeness (QED) is 0.713. The van der Waals surface area contributed by atoms with Crippen LogP contribution in [0.5, 0.6) is 0 Å². The van der Waals surface area contributed by atoms with E-state index in [4.69, 9.17) is 10.7 Å². The molecular formula is C22H25FN4O. The van der Waals surface area contributed by atoms with Crippen LogP contribution in [-0.4, -0.2) is 39.9 Å². The summed E-state index contributed by atoms with van der Waals surface area (Å²) in [5, 5.41) is 0. The molecule has 0 unspecified atom stereocenters. The number of nitrogens with two attached hydrogens (primary N) is 1. The lowest BCUT2D eigenvalue weighted by molar-refractivity contribution is -0.132. The molecule has 1 fully saturated rings. The van der Waals surface area contributed by atoms with Gasteiger partial charge in [-0.15, -0.1) is 0 Å². The third kappa shape index (κ3) is 4.07. The van der Waals surface area contributed by atoms with Crippen LogP contribution in [0.4, 0.5) is 4.39 Å². The van der Waals surface area contributed by atoms with Gasteiger partial charge in [0, 0.05) is 31.5 Å². The van der Waals surface area contributed by atoms with Gasteiger partial charge in [0.25, 0.3) is 0 Å². The van der Waals surface area contributed by atoms with Gasteiger partial charge in [0.1, 0.15) is 11.6 Å². The summed E-state index contributed by atoms with van der Waals surface area (Å²) >= 11 is 0. The topological polar surface area (TPSA) is 75.0 Å². The predicted molar refractivity (Wildman–Crippen MR) is 107 cm³/mol. The molecule has 1 atom stereocenters. The molecule has 0 saturated carbocycles. The van der Waals surface area contributed by atoms with E-state index in [-0.39, 0.29) is 24.2 Å². The second-order valence-corrected chi connectivity index (χ2v) is 7.55. The summed E-state index contributed by atoms with van der Waals surface area (Å²) in [5.41, 5.74) is 8.71. The van der Waals surface area contributed by atoms with Crippen LogP contribution in [0.3, 0.4) is 0 Å². The Labute approximate surface area is 163 Å². The van der Waals surface area contributed by atoms with Crippen LogP contribution in [0, 0.1) is 5.82 Å². The standard InChI is InChI=1S/C22H25FN4O/c23-18-6-2-1-5-16(18)13-17(24)14-21(28)27-11-9-15(10-12-27)22-25-19-7-3-4-8-20(19)26-22/h1-8,15,17H,9-14,24H2,(H,25,26)/t17-/m1/s1. The van der Waals surface area contributed by atoms with Crippen LogP contribution in [0.2, 0.25) is 0 Å². The minimum Gasteiger partial charge on any atom is -0.343 e. The summed E-state index contributed by atoms with van der Waals surface area (Å²) in [4.78, 5) is 22.6. The summed E-state index contributed by atoms with van der Waals surface area (Å²) in [7, 11) is 0. The Morgan fingerprint density at radius 2 is 1.89 bits per heavy atom. The Hall–Kier alpha value is -2.73. The van der Waals surface area contributed by atoms with Crippen molar-refractivity contribution in [2.24, 2.45) is 5.73 Å². The molecule has 0 spiro atoms. The molecule has 28 heavy (non-hydrogen) atoms. The molecule has 6 heteroatoms. The second kappa shape index (κ2) is 8.10. The van der Waals surface area contributed by atoms with Crippen molar-refractivity contribution >= 4 is 16.9 Å². The fourth-order valence-electron chi connectivity index (χ4n) is 3.94. The number of hydrogen-bond donors (Lipinski definition) is 2. The van der Waals surface area contributed by atoms with Crippen molar-refractivity contribution in [2.75, 3.05) is 13.1 Å². The van der Waals surface area contributed by atoms with Crippen molar-refractivity contribution in [2.45, 2.75) is 37.6 Å². The first-order valence-electron chi connectivity index (χ1n) is 9.81. The first-order chi connectivity index (χ1) is 13.6. The molecule has 1 aliphatic heterocycles. The molecule has 2 aromatic carbocycles. The molecule has 1 aliphatic rings. The molecule has 5 nitrogen and oxygen atoms in total. The molecule has 0 radical (unpaired) electrons. The molecule has 0 bridgehead atoms. The fourth-order valence-corrected chi connectivity index (χ4v) is 3.94. The summed E-state index contributed by atoms with van der Waals surface area (Å²) < 4.78 is 13.8. The van der Waals surface area contributed by atoms with Crippen molar-refractivity contribution in [1.29, 1.82) is 0 Å². The first kappa shape index (κ1) is 18.6. The maximum Gasteiger partial charge on any atom is 0.224 e. The number of rotatable bonds is 5. The van der Waals surface area contributed by atoms with Crippen LogP contribution in [-0.2, 0) is 11.2 Å². The monoisotopic (exact) mass is 380 g/mol. The zero-order chi connectivity index (χ0) is 19.5. The Kier molecular flexibility index (Phi) is 5.39. The van der Waals surface area contributed by atoms with Gasteiger partial charge >= 0.3 is 0 Å². The highest BCUT2D eigenvalue weighted by Gasteiger charge is 2.26. The SMILES string of the molecule is N[C@@H](CC(=O)N1CCC(c2nc3ccccc3[nH]2)CC1)Cc1ccccc1F. The molecule has 3 N–H and O–H groups in total. The zero-order valence-corrected chi connectivity index (χ0v) is 15.8. The molecule has 4 rings (SSSR count). The highest BCUT2D eigenvalue weighted by Crippen LogP contribution is 2.28. The molecular weight excluding hydrogens is 355 g/mol. The highest BCUT2D eigenvalue weighted by atomic mass is 19.1. The first-order valence-corrected chi connectivity index (χ1v) is 9.81. The second-order valence-electron chi connectivity index (χ2n) is 7.55. The number of nitrogens with one attached hydrogen (secondary N) is 1. The highest BCUT2D eigenvalue weighted by molar-refractivity contribution is 5.77. The van der Waals surface area contributed by atoms with Crippen molar-refractivity contribution in [3.05, 3.63) is 65.7 Å². The number of likely N-dealkylation sites (tertiary alicyclic amines) is 1. The minimum atomic E-state index is -0.377. The maximum atomic E-state index is 13.8. The van der Waals surface area contributed by atoms with Gasteiger partial charge in [-0.25, -0.2) is 9.37 Å². The van der Waals surface area contributed by atoms with Crippen LogP contribution in [0.1, 0.15) is 36.6 Å². The number of fused-ring (bicyclic) bond motifs is 1. The number of para-hydroxylation sites is 2. The molecule has 2 heterocycles. The van der Waals surface area contributed by atoms with E-state index in [9.17, 15) is 9.18 Å². The number of halogens is 1. The number of aromatic nitrogens is 2. The van der Waals surface area contributed by atoms with E-state index in [2.05, 4.69) is 4.98 Å². The number of amides is 1. The maximum absolute atomic E-state index is 13.8. The number of hydrogen-bond acceptors (Lipinski definition) is 3. The number of imidazole rings is 1. The third-order valence-electron chi connectivity index (χ3n) is 5.52. The van der Waals surface area contributed by atoms with E-state index >= 15 is 0 Å². The van der Waals surface area contributed by atoms with E-state index in [0.29, 0.717) is 31.0 Å². The number of aromatic amines is 1. The van der Waals surface area contributed by atoms with Gasteiger partial charge in [0.05, 0.1) is 11.0 Å². The predicted octanol–water partition coefficient (Wildman–Crippen LogP) is 3.37. The lowest BCUT2D eigenvalue weighted by atomic mass is 9.95. The normalized spacial score (nSPS) is 16.4. The van der Waals surface area contributed by atoms with Crippen LogP contribution in [0.25, 0.3) is 11.0 Å². The van der Waals surface area contributed by atoms with E-state index in [0.717, 1.165) is 29.7 Å². The number of carbonyl (C=O) groups is 1. The summed E-state index contributed by atoms with van der Waals surface area (Å²) in [6.45, 7) is 1.40. The Balaban J connectivity index is 1.30. The van der Waals surface area contributed by atoms with Gasteiger partial charge < -0.3 is 15.6 Å². The van der Waals surface area contributed by atoms with E-state index in [1.54, 1.807) is 18.2 Å². The third-order valence-corrected chi connectivity index (χ3v) is 5.52. The Morgan fingerprint density at radius 3 is 2.64 bits per heavy atom. The van der Waals surface area contributed by atoms with Gasteiger partial charge in [0.2, 0.25) is 5.91 Å². The van der Waals surface area contributed by atoms with E-state index < -0.39 is 0 Å². The van der Waals surface area contributed by atoms with Crippen molar-refractivity contribution in [3.8, 4) is 0 Å². The Bertz CT molecular complexity index is 929. The number of benzene rings is 2. The van der Waals surface area contributed by atoms with Gasteiger partial charge in [-0.3, -0.25) is 4.79 Å². The largest absolute Gasteiger partial charge is 0.343 e. The number of nitrogens with zero attached hydrogens (tertiary/aromatic N) is 2. The van der Waals surface area contributed by atoms with Crippen LogP contribution >= 0.6 is 0 Å². The average Bonchev–Trinajstić information content (AvgIpc) is 3.14. The van der Waals surface area contributed by atoms with Gasteiger partial charge in [-0.2, -0.15) is 0 Å². The number of piperidine rings is 1. The van der Waals surface area contributed by atoms with Crippen LogP contribution in [0.15, 0.2) is 48.5 Å². The van der Waals surface area contributed by atoms with E-state index in [1.807, 2.05) is 29.2 Å². The lowest BCUT2D eigenvalue weighted by Crippen LogP contribution is -2.41. The summed E-state index contributed by atoms with van der Waals surface area (Å²) in [6.07, 6.45) is 2.37. The van der Waals surface area contributed by atoms with Crippen molar-refractivity contribution < 1.29 is 9.18 Å². The number of H-pyrrole nitrogens is 1. The van der Waals surface area contributed by atoms with E-state index in [1.165, 1.54) is 6.07 Å². The van der Waals surface area contributed by atoms with Gasteiger partial charge in [0.15, 0.2) is 0 Å². The van der Waals surface area contributed by atoms with Crippen LogP contribution < -0.4 is 5.73 Å². The molecule has 3 aromatic rings. The van der Waals surface area contributed by atoms with Gasteiger partial charge in [-0.05, 0) is 43.0 Å². The minimum absolute atomic E-state index is 0.0481. The molecule has 1 saturated heterocycles. The molecule has 0 aliphatic carbocycles. The number of carbonyl (C=O) groups excluding carboxylic acids is 1. The summed E-state index contributed by atoms with van der Waals surface area (Å²) in [6, 6.07) is 14.2. The fraction of sp³-hybridized carbons (Fsp3) is 0.364. The van der Waals surface area contributed by atoms with Crippen molar-refractivity contribution in [1.82, 2.24) is 14.9 Å². The Morgan fingerprint density at radius 1 is 1.18 bits per heavy atom. The zero-order valence-electron chi connectivity index (χ0n) is 15.8. The van der Waals surface area contributed by atoms with Crippen molar-refractivity contribution in [3.63, 3.8) is 0 Å². The lowest BCUT2D eigenvalue weighted by Gasteiger charge is -2.32. The molecule has 1 amide bonds. The molecule has 146 valence electrons. The van der Waals surface area contributed by atoms with Gasteiger partial charge in [-0.1, -0.05) is 30.3 Å².